The van der Waals surface area contributed by atoms with E-state index < -0.39 is 63.7 Å². The van der Waals surface area contributed by atoms with Gasteiger partial charge in [0.25, 0.3) is 0 Å². The summed E-state index contributed by atoms with van der Waals surface area (Å²) in [4.78, 5) is 43.2. The van der Waals surface area contributed by atoms with Crippen molar-refractivity contribution in [2.75, 3.05) is 14.1 Å². The van der Waals surface area contributed by atoms with Crippen molar-refractivity contribution < 1.29 is 39.2 Å². The number of Topliss-reactive ketones (excluding diaryl/α,β-unsaturated/α-hetero) is 3. The zero-order valence-electron chi connectivity index (χ0n) is 23.3. The third kappa shape index (κ3) is 3.33. The Morgan fingerprint density at radius 1 is 1.07 bits per heavy atom. The molecule has 0 saturated heterocycles. The van der Waals surface area contributed by atoms with Gasteiger partial charge in [-0.25, -0.2) is 4.39 Å². The molecule has 1 aromatic carbocycles. The van der Waals surface area contributed by atoms with Crippen LogP contribution in [-0.2, 0) is 33.9 Å². The minimum Gasteiger partial charge on any atom is -0.508 e. The zero-order chi connectivity index (χ0) is 29.2. The normalized spacial score (nSPS) is 30.4. The minimum atomic E-state index is -2.64. The van der Waals surface area contributed by atoms with Gasteiger partial charge in [-0.3, -0.25) is 24.2 Å². The van der Waals surface area contributed by atoms with Gasteiger partial charge in [-0.1, -0.05) is 0 Å². The molecule has 214 valence electrons. The van der Waals surface area contributed by atoms with E-state index in [1.54, 1.807) is 14.1 Å². The fraction of sp³-hybridized carbons (Fsp3) is 0.567. The first-order valence-corrected chi connectivity index (χ1v) is 13.8. The Hall–Kier alpha value is -3.08. The average molecular weight is 555 g/mol. The molecule has 40 heavy (non-hydrogen) atoms. The molecular weight excluding hydrogens is 519 g/mol. The molecule has 1 aromatic rings. The molecule has 9 nitrogen and oxygen atoms in total. The lowest BCUT2D eigenvalue weighted by Gasteiger charge is -2.50. The monoisotopic (exact) mass is 554 g/mol. The van der Waals surface area contributed by atoms with E-state index in [-0.39, 0.29) is 40.8 Å². The number of ketones is 3. The summed E-state index contributed by atoms with van der Waals surface area (Å²) in [7, 11) is 3.14. The molecule has 2 saturated carbocycles. The number of phenolic OH excluding ortho intramolecular Hbond substituents is 1. The van der Waals surface area contributed by atoms with Gasteiger partial charge in [0.05, 0.1) is 11.6 Å². The van der Waals surface area contributed by atoms with Gasteiger partial charge >= 0.3 is 0 Å². The Labute approximate surface area is 231 Å². The number of carbonyl (C=O) groups is 3. The number of halogens is 1. The number of hydrogen-bond acceptors (Lipinski definition) is 9. The average Bonchev–Trinajstić information content (AvgIpc) is 3.63. The van der Waals surface area contributed by atoms with Crippen LogP contribution >= 0.6 is 0 Å². The van der Waals surface area contributed by atoms with Gasteiger partial charge in [0.2, 0.25) is 5.78 Å². The van der Waals surface area contributed by atoms with Crippen molar-refractivity contribution in [1.29, 1.82) is 0 Å². The summed E-state index contributed by atoms with van der Waals surface area (Å²) < 4.78 is 16.2. The molecule has 0 radical (unpaired) electrons. The maximum Gasteiger partial charge on any atom is 0.202 e. The summed E-state index contributed by atoms with van der Waals surface area (Å²) in [6, 6.07) is -1.11. The molecule has 0 bridgehead atoms. The van der Waals surface area contributed by atoms with Gasteiger partial charge in [0.15, 0.2) is 17.2 Å². The molecule has 10 heteroatoms. The van der Waals surface area contributed by atoms with Crippen molar-refractivity contribution in [3.63, 3.8) is 0 Å². The first-order valence-electron chi connectivity index (χ1n) is 13.8. The molecule has 1 aliphatic heterocycles. The molecule has 0 amide bonds. The number of likely N-dealkylation sites (N-methyl/N-ethyl adjacent to an activating group) is 1. The predicted molar refractivity (Wildman–Crippen MR) is 142 cm³/mol. The van der Waals surface area contributed by atoms with Crippen LogP contribution in [0, 0.1) is 23.6 Å². The Bertz CT molecular complexity index is 1470. The lowest BCUT2D eigenvalue weighted by atomic mass is 9.57. The Morgan fingerprint density at radius 2 is 1.70 bits per heavy atom. The van der Waals surface area contributed by atoms with Crippen LogP contribution in [-0.4, -0.2) is 78.9 Å². The van der Waals surface area contributed by atoms with Gasteiger partial charge < -0.3 is 20.4 Å². The summed E-state index contributed by atoms with van der Waals surface area (Å²) in [5.41, 5.74) is -3.06. The van der Waals surface area contributed by atoms with Crippen molar-refractivity contribution in [2.24, 2.45) is 17.8 Å². The second-order valence-corrected chi connectivity index (χ2v) is 12.9. The van der Waals surface area contributed by atoms with Crippen LogP contribution in [0.5, 0.6) is 5.75 Å². The van der Waals surface area contributed by atoms with Gasteiger partial charge in [-0.15, -0.1) is 0 Å². The maximum absolute atomic E-state index is 16.2. The predicted octanol–water partition coefficient (Wildman–Crippen LogP) is 2.71. The van der Waals surface area contributed by atoms with Crippen LogP contribution in [0.2, 0.25) is 0 Å². The first-order chi connectivity index (χ1) is 18.6. The van der Waals surface area contributed by atoms with Gasteiger partial charge in [-0.2, -0.15) is 0 Å². The fourth-order valence-corrected chi connectivity index (χ4v) is 7.77. The minimum absolute atomic E-state index is 0.0376. The Kier molecular flexibility index (Phi) is 5.74. The van der Waals surface area contributed by atoms with Crippen molar-refractivity contribution in [3.8, 4) is 5.75 Å². The van der Waals surface area contributed by atoms with E-state index in [1.165, 1.54) is 4.90 Å². The van der Waals surface area contributed by atoms with Crippen molar-refractivity contribution in [1.82, 2.24) is 9.80 Å². The molecule has 5 aliphatic rings. The van der Waals surface area contributed by atoms with Gasteiger partial charge in [0, 0.05) is 46.8 Å². The number of aliphatic hydroxyl groups is 3. The van der Waals surface area contributed by atoms with Crippen LogP contribution in [0.4, 0.5) is 4.39 Å². The van der Waals surface area contributed by atoms with Gasteiger partial charge in [0.1, 0.15) is 28.7 Å². The number of phenols is 1. The maximum atomic E-state index is 16.2. The van der Waals surface area contributed by atoms with Crippen LogP contribution < -0.4 is 0 Å². The Morgan fingerprint density at radius 3 is 2.27 bits per heavy atom. The van der Waals surface area contributed by atoms with E-state index in [1.807, 2.05) is 0 Å². The molecule has 4 atom stereocenters. The number of hydrogen-bond donors (Lipinski definition) is 4. The number of aliphatic hydroxyl groups excluding tert-OH is 2. The third-order valence-corrected chi connectivity index (χ3v) is 10.2. The molecule has 0 unspecified atom stereocenters. The summed E-state index contributed by atoms with van der Waals surface area (Å²) >= 11 is 0. The van der Waals surface area contributed by atoms with Crippen LogP contribution in [0.25, 0.3) is 5.76 Å². The smallest absolute Gasteiger partial charge is 0.202 e. The molecule has 1 heterocycles. The standard InChI is InChI=1S/C30H35FN2O7/c1-12(34)19-26(37)23(32(4)5)18-9-13-8-15-21(25(36)20(13)28(39)30(18,40)27(19)38)24(35)17-11-33(10-16(17)22(15)31)29(2,3)14-6-7-14/h13-14,18,23,35-36,38,40H,6-11H2,1-5H3/t13-,18-,23-,30+/m0/s1. The van der Waals surface area contributed by atoms with E-state index in [0.717, 1.165) is 19.8 Å². The summed E-state index contributed by atoms with van der Waals surface area (Å²) in [5.74, 6) is -6.47. The van der Waals surface area contributed by atoms with Crippen molar-refractivity contribution >= 4 is 23.1 Å². The highest BCUT2D eigenvalue weighted by Gasteiger charge is 2.64. The van der Waals surface area contributed by atoms with E-state index in [0.29, 0.717) is 30.1 Å². The van der Waals surface area contributed by atoms with E-state index in [2.05, 4.69) is 18.7 Å². The van der Waals surface area contributed by atoms with Crippen LogP contribution in [0.15, 0.2) is 16.9 Å². The number of aromatic hydroxyl groups is 1. The van der Waals surface area contributed by atoms with Gasteiger partial charge in [-0.05, 0) is 72.4 Å². The third-order valence-electron chi connectivity index (χ3n) is 10.2. The van der Waals surface area contributed by atoms with E-state index in [4.69, 9.17) is 0 Å². The quantitative estimate of drug-likeness (QED) is 0.414. The van der Waals surface area contributed by atoms with E-state index >= 15 is 4.39 Å². The number of nitrogens with zero attached hydrogens (tertiary/aromatic N) is 2. The SMILES string of the molecule is CC(=O)C1=C(O)[C@@]2(O)C(=O)C3=C(O)c4c(O)c5c(c(F)c4C[C@H]3C[C@H]2[C@H](N(C)C)C1=O)CN(C(C)(C)C1CC1)C5. The molecule has 4 aliphatic carbocycles. The fourth-order valence-electron chi connectivity index (χ4n) is 7.77. The lowest BCUT2D eigenvalue weighted by Crippen LogP contribution is -2.65. The molecule has 0 aromatic heterocycles. The molecule has 0 spiro atoms. The zero-order valence-corrected chi connectivity index (χ0v) is 23.3. The summed E-state index contributed by atoms with van der Waals surface area (Å²) in [5, 5.41) is 45.6. The van der Waals surface area contributed by atoms with Crippen molar-refractivity contribution in [2.45, 2.75) is 76.7 Å². The summed E-state index contributed by atoms with van der Waals surface area (Å²) in [6.07, 6.45) is 2.11. The van der Waals surface area contributed by atoms with E-state index in [9.17, 15) is 34.8 Å². The highest BCUT2D eigenvalue weighted by molar-refractivity contribution is 6.25. The number of benzene rings is 1. The molecule has 2 fully saturated rings. The first kappa shape index (κ1) is 27.1. The second kappa shape index (κ2) is 8.47. The number of carbonyl (C=O) groups excluding carboxylic acids is 3. The second-order valence-electron chi connectivity index (χ2n) is 12.9. The number of fused-ring (bicyclic) bond motifs is 4. The Balaban J connectivity index is 1.50. The lowest BCUT2D eigenvalue weighted by molar-refractivity contribution is -0.153. The molecular formula is C30H35FN2O7. The van der Waals surface area contributed by atoms with Crippen molar-refractivity contribution in [3.05, 3.63) is 45.0 Å². The summed E-state index contributed by atoms with van der Waals surface area (Å²) in [6.45, 7) is 5.90. The highest BCUT2D eigenvalue weighted by atomic mass is 19.1. The largest absolute Gasteiger partial charge is 0.508 e. The van der Waals surface area contributed by atoms with Crippen LogP contribution in [0.3, 0.4) is 0 Å². The highest BCUT2D eigenvalue weighted by Crippen LogP contribution is 2.55. The van der Waals surface area contributed by atoms with Crippen LogP contribution in [0.1, 0.15) is 62.3 Å². The topological polar surface area (TPSA) is 139 Å². The molecule has 4 N–H and O–H groups in total. The molecule has 6 rings (SSSR count). The number of rotatable bonds is 4.